The second-order valence-corrected chi connectivity index (χ2v) is 7.92. The van der Waals surface area contributed by atoms with Crippen LogP contribution in [0.25, 0.3) is 0 Å². The van der Waals surface area contributed by atoms with E-state index in [1.54, 1.807) is 0 Å². The van der Waals surface area contributed by atoms with E-state index in [1.807, 2.05) is 18.2 Å². The quantitative estimate of drug-likeness (QED) is 0.854. The number of hydrogen-bond acceptors (Lipinski definition) is 4. The molecule has 6 heteroatoms. The lowest BCUT2D eigenvalue weighted by Crippen LogP contribution is -2.60. The first-order valence-electron chi connectivity index (χ1n) is 8.54. The predicted molar refractivity (Wildman–Crippen MR) is 94.4 cm³/mol. The molecule has 0 saturated carbocycles. The van der Waals surface area contributed by atoms with Crippen molar-refractivity contribution in [3.05, 3.63) is 35.9 Å². The van der Waals surface area contributed by atoms with E-state index in [1.165, 1.54) is 22.2 Å². The van der Waals surface area contributed by atoms with E-state index in [0.29, 0.717) is 12.2 Å². The molecule has 1 aromatic carbocycles. The Morgan fingerprint density at radius 1 is 1.38 bits per heavy atom. The molecule has 0 bridgehead atoms. The number of nitrogens with zero attached hydrogens (tertiary/aromatic N) is 1. The number of carbonyl (C=O) groups excluding carboxylic acids is 1. The number of benzene rings is 1. The molecular formula is C18H24N2O3S. The van der Waals surface area contributed by atoms with Crippen LogP contribution in [0.1, 0.15) is 37.7 Å². The van der Waals surface area contributed by atoms with E-state index < -0.39 is 17.0 Å². The summed E-state index contributed by atoms with van der Waals surface area (Å²) < 4.78 is 0. The Morgan fingerprint density at radius 2 is 2.12 bits per heavy atom. The smallest absolute Gasteiger partial charge is 0.327 e. The lowest BCUT2D eigenvalue weighted by molar-refractivity contribution is -0.151. The molecule has 3 unspecified atom stereocenters. The number of amides is 1. The zero-order valence-corrected chi connectivity index (χ0v) is 14.5. The highest BCUT2D eigenvalue weighted by Gasteiger charge is 2.54. The number of carbonyl (C=O) groups is 2. The number of aliphatic carboxylic acids is 1. The standard InChI is InChI=1S/C18H24N2O3S/c19-18-14(9-4-8-13-6-2-1-3-7-13)10-5-11-16(21)20(18)15(12-24-18)17(22)23/h1-3,6-7,14-15H,4-5,8-12,19H2,(H,22,23). The molecule has 130 valence electrons. The summed E-state index contributed by atoms with van der Waals surface area (Å²) >= 11 is 1.44. The van der Waals surface area contributed by atoms with Crippen molar-refractivity contribution in [2.75, 3.05) is 5.75 Å². The van der Waals surface area contributed by atoms with Crippen molar-refractivity contribution in [3.8, 4) is 0 Å². The van der Waals surface area contributed by atoms with Crippen LogP contribution in [0, 0.1) is 5.92 Å². The molecule has 5 nitrogen and oxygen atoms in total. The monoisotopic (exact) mass is 348 g/mol. The Hall–Kier alpha value is -1.53. The fourth-order valence-electron chi connectivity index (χ4n) is 3.84. The summed E-state index contributed by atoms with van der Waals surface area (Å²) in [5.74, 6) is -0.539. The molecular weight excluding hydrogens is 324 g/mol. The topological polar surface area (TPSA) is 83.6 Å². The van der Waals surface area contributed by atoms with Crippen molar-refractivity contribution >= 4 is 23.6 Å². The zero-order valence-electron chi connectivity index (χ0n) is 13.7. The molecule has 2 heterocycles. The molecule has 2 aliphatic heterocycles. The molecule has 0 spiro atoms. The summed E-state index contributed by atoms with van der Waals surface area (Å²) in [7, 11) is 0. The number of fused-ring (bicyclic) bond motifs is 1. The van der Waals surface area contributed by atoms with Crippen LogP contribution in [0.3, 0.4) is 0 Å². The van der Waals surface area contributed by atoms with Crippen molar-refractivity contribution in [2.24, 2.45) is 11.7 Å². The predicted octanol–water partition coefficient (Wildman–Crippen LogP) is 2.45. The maximum Gasteiger partial charge on any atom is 0.327 e. The first-order valence-corrected chi connectivity index (χ1v) is 9.52. The van der Waals surface area contributed by atoms with Crippen LogP contribution >= 0.6 is 11.8 Å². The van der Waals surface area contributed by atoms with Gasteiger partial charge < -0.3 is 10.0 Å². The van der Waals surface area contributed by atoms with Crippen LogP contribution in [0.4, 0.5) is 0 Å². The van der Waals surface area contributed by atoms with E-state index in [9.17, 15) is 14.7 Å². The number of rotatable bonds is 5. The van der Waals surface area contributed by atoms with Crippen molar-refractivity contribution in [2.45, 2.75) is 49.6 Å². The summed E-state index contributed by atoms with van der Waals surface area (Å²) in [6.45, 7) is 0. The molecule has 1 aromatic rings. The highest BCUT2D eigenvalue weighted by molar-refractivity contribution is 8.00. The minimum Gasteiger partial charge on any atom is -0.480 e. The third kappa shape index (κ3) is 3.30. The summed E-state index contributed by atoms with van der Waals surface area (Å²) in [6.07, 6.45) is 4.96. The molecule has 1 amide bonds. The third-order valence-corrected chi connectivity index (χ3v) is 6.58. The second kappa shape index (κ2) is 7.15. The van der Waals surface area contributed by atoms with Gasteiger partial charge in [0.25, 0.3) is 0 Å². The summed E-state index contributed by atoms with van der Waals surface area (Å²) in [5, 5.41) is 9.42. The summed E-state index contributed by atoms with van der Waals surface area (Å²) in [6, 6.07) is 9.53. The van der Waals surface area contributed by atoms with Crippen molar-refractivity contribution in [1.29, 1.82) is 0 Å². The number of carboxylic acid groups (broad SMARTS) is 1. The Labute approximate surface area is 146 Å². The fourth-order valence-corrected chi connectivity index (χ4v) is 5.40. The van der Waals surface area contributed by atoms with Gasteiger partial charge in [0.15, 0.2) is 0 Å². The summed E-state index contributed by atoms with van der Waals surface area (Å²) in [5.41, 5.74) is 7.91. The van der Waals surface area contributed by atoms with Gasteiger partial charge in [-0.05, 0) is 37.7 Å². The molecule has 0 aromatic heterocycles. The number of carboxylic acids is 1. The summed E-state index contributed by atoms with van der Waals surface area (Å²) in [4.78, 5) is 24.5. The number of hydrogen-bond donors (Lipinski definition) is 2. The van der Waals surface area contributed by atoms with Gasteiger partial charge in [0.2, 0.25) is 5.91 Å². The maximum absolute atomic E-state index is 12.4. The Bertz CT molecular complexity index is 610. The molecule has 2 aliphatic rings. The zero-order chi connectivity index (χ0) is 17.2. The van der Waals surface area contributed by atoms with Gasteiger partial charge in [-0.2, -0.15) is 0 Å². The number of thioether (sulfide) groups is 1. The molecule has 2 saturated heterocycles. The average molecular weight is 348 g/mol. The first-order chi connectivity index (χ1) is 11.5. The minimum atomic E-state index is -0.951. The van der Waals surface area contributed by atoms with E-state index in [2.05, 4.69) is 12.1 Å². The molecule has 24 heavy (non-hydrogen) atoms. The molecule has 3 N–H and O–H groups in total. The lowest BCUT2D eigenvalue weighted by atomic mass is 9.92. The number of aryl methyl sites for hydroxylation is 1. The highest BCUT2D eigenvalue weighted by atomic mass is 32.2. The first kappa shape index (κ1) is 17.3. The largest absolute Gasteiger partial charge is 0.480 e. The van der Waals surface area contributed by atoms with Crippen molar-refractivity contribution in [1.82, 2.24) is 4.90 Å². The lowest BCUT2D eigenvalue weighted by Gasteiger charge is -2.40. The van der Waals surface area contributed by atoms with Crippen LogP contribution in [0.2, 0.25) is 0 Å². The molecule has 3 atom stereocenters. The van der Waals surface area contributed by atoms with Gasteiger partial charge in [-0.25, -0.2) is 4.79 Å². The van der Waals surface area contributed by atoms with Crippen molar-refractivity contribution < 1.29 is 14.7 Å². The normalized spacial score (nSPS) is 30.0. The van der Waals surface area contributed by atoms with Crippen LogP contribution < -0.4 is 5.73 Å². The van der Waals surface area contributed by atoms with Crippen LogP contribution in [0.15, 0.2) is 30.3 Å². The van der Waals surface area contributed by atoms with Gasteiger partial charge in [0.1, 0.15) is 11.0 Å². The van der Waals surface area contributed by atoms with Crippen LogP contribution in [0.5, 0.6) is 0 Å². The average Bonchev–Trinajstić information content (AvgIpc) is 2.87. The van der Waals surface area contributed by atoms with E-state index in [-0.39, 0.29) is 11.8 Å². The molecule has 0 aliphatic carbocycles. The van der Waals surface area contributed by atoms with Gasteiger partial charge in [-0.3, -0.25) is 10.5 Å². The van der Waals surface area contributed by atoms with Gasteiger partial charge in [0.05, 0.1) is 0 Å². The Balaban J connectivity index is 1.70. The maximum atomic E-state index is 12.4. The van der Waals surface area contributed by atoms with Gasteiger partial charge in [-0.15, -0.1) is 11.8 Å². The minimum absolute atomic E-state index is 0.111. The van der Waals surface area contributed by atoms with E-state index in [0.717, 1.165) is 32.1 Å². The van der Waals surface area contributed by atoms with Crippen LogP contribution in [-0.4, -0.2) is 38.7 Å². The van der Waals surface area contributed by atoms with Gasteiger partial charge in [-0.1, -0.05) is 30.3 Å². The Morgan fingerprint density at radius 3 is 2.83 bits per heavy atom. The molecule has 0 radical (unpaired) electrons. The number of nitrogens with two attached hydrogens (primary N) is 1. The van der Waals surface area contributed by atoms with E-state index in [4.69, 9.17) is 5.73 Å². The highest BCUT2D eigenvalue weighted by Crippen LogP contribution is 2.46. The van der Waals surface area contributed by atoms with Gasteiger partial charge >= 0.3 is 5.97 Å². The van der Waals surface area contributed by atoms with Crippen molar-refractivity contribution in [3.63, 3.8) is 0 Å². The van der Waals surface area contributed by atoms with Gasteiger partial charge in [0, 0.05) is 18.1 Å². The van der Waals surface area contributed by atoms with E-state index >= 15 is 0 Å². The Kier molecular flexibility index (Phi) is 5.15. The van der Waals surface area contributed by atoms with Crippen LogP contribution in [-0.2, 0) is 16.0 Å². The third-order valence-electron chi connectivity index (χ3n) is 5.10. The molecule has 3 rings (SSSR count). The fraction of sp³-hybridized carbons (Fsp3) is 0.556. The second-order valence-electron chi connectivity index (χ2n) is 6.65. The SMILES string of the molecule is NC12SCC(C(=O)O)N1C(=O)CCCC2CCCc1ccccc1. The molecule has 2 fully saturated rings.